The van der Waals surface area contributed by atoms with Crippen LogP contribution in [0.25, 0.3) is 11.1 Å². The van der Waals surface area contributed by atoms with Crippen LogP contribution in [0.1, 0.15) is 36.5 Å². The van der Waals surface area contributed by atoms with Crippen LogP contribution >= 0.6 is 0 Å². The van der Waals surface area contributed by atoms with Gasteiger partial charge in [-0.3, -0.25) is 0 Å². The number of carbonyl (C=O) groups is 2. The molecule has 4 aromatic carbocycles. The van der Waals surface area contributed by atoms with Crippen molar-refractivity contribution in [3.63, 3.8) is 0 Å². The summed E-state index contributed by atoms with van der Waals surface area (Å²) in [4.78, 5) is 25.9. The molecule has 1 amide bonds. The number of hydrogen-bond acceptors (Lipinski definition) is 7. The molecule has 0 aromatic heterocycles. The van der Waals surface area contributed by atoms with E-state index in [4.69, 9.17) is 13.7 Å². The number of rotatable bonds is 10. The molecule has 0 heterocycles. The Kier molecular flexibility index (Phi) is 8.59. The molecule has 9 heteroatoms. The Morgan fingerprint density at radius 2 is 1.36 bits per heavy atom. The van der Waals surface area contributed by atoms with Gasteiger partial charge in [0, 0.05) is 12.3 Å². The van der Waals surface area contributed by atoms with E-state index in [1.807, 2.05) is 36.4 Å². The number of hydrogen-bond donors (Lipinski definition) is 1. The smallest absolute Gasteiger partial charge is 0.407 e. The zero-order valence-electron chi connectivity index (χ0n) is 23.2. The van der Waals surface area contributed by atoms with Gasteiger partial charge in [0.2, 0.25) is 0 Å². The summed E-state index contributed by atoms with van der Waals surface area (Å²) in [6.07, 6.45) is -1.03. The summed E-state index contributed by atoms with van der Waals surface area (Å²) in [5, 5.41) is 2.65. The van der Waals surface area contributed by atoms with Crippen LogP contribution in [0.3, 0.4) is 0 Å². The van der Waals surface area contributed by atoms with E-state index >= 15 is 0 Å². The van der Waals surface area contributed by atoms with Crippen molar-refractivity contribution in [2.24, 2.45) is 0 Å². The molecule has 4 aromatic rings. The lowest BCUT2D eigenvalue weighted by molar-refractivity contribution is -0.149. The fourth-order valence-electron chi connectivity index (χ4n) is 4.97. The third-order valence-corrected chi connectivity index (χ3v) is 8.13. The number of esters is 1. The molecule has 1 aliphatic carbocycles. The van der Waals surface area contributed by atoms with Gasteiger partial charge in [0.25, 0.3) is 0 Å². The molecule has 0 spiro atoms. The van der Waals surface area contributed by atoms with Crippen molar-refractivity contribution in [2.45, 2.75) is 43.2 Å². The standard InChI is InChI=1S/C33H31NO7S/c1-22(2)40-32(35)31(20-23-16-18-24(19-17-23)41-42(37,38)25-10-4-3-5-11-25)34-33(36)39-21-30-28-14-8-6-12-26(28)27-13-7-9-15-29(27)30/h3-19,22,30-31H,20-21H2,1-2H3,(H,34,36). The largest absolute Gasteiger partial charge is 0.461 e. The second-order valence-corrected chi connectivity index (χ2v) is 11.8. The molecule has 1 atom stereocenters. The van der Waals surface area contributed by atoms with Crippen LogP contribution in [-0.4, -0.2) is 39.2 Å². The highest BCUT2D eigenvalue weighted by molar-refractivity contribution is 7.87. The van der Waals surface area contributed by atoms with E-state index < -0.39 is 28.2 Å². The average Bonchev–Trinajstić information content (AvgIpc) is 3.30. The number of carbonyl (C=O) groups excluding carboxylic acids is 2. The number of fused-ring (bicyclic) bond motifs is 3. The predicted molar refractivity (Wildman–Crippen MR) is 158 cm³/mol. The lowest BCUT2D eigenvalue weighted by Gasteiger charge is -2.20. The summed E-state index contributed by atoms with van der Waals surface area (Å²) in [7, 11) is -3.99. The van der Waals surface area contributed by atoms with Crippen LogP contribution in [0.5, 0.6) is 5.75 Å². The second kappa shape index (κ2) is 12.5. The number of benzene rings is 4. The highest BCUT2D eigenvalue weighted by Crippen LogP contribution is 2.44. The van der Waals surface area contributed by atoms with Crippen molar-refractivity contribution < 1.29 is 31.7 Å². The van der Waals surface area contributed by atoms with Crippen molar-refractivity contribution in [3.05, 3.63) is 120 Å². The van der Waals surface area contributed by atoms with Crippen molar-refractivity contribution in [3.8, 4) is 16.9 Å². The van der Waals surface area contributed by atoms with Crippen molar-refractivity contribution in [2.75, 3.05) is 6.61 Å². The van der Waals surface area contributed by atoms with Gasteiger partial charge in [-0.1, -0.05) is 78.9 Å². The number of alkyl carbamates (subject to hydrolysis) is 1. The summed E-state index contributed by atoms with van der Waals surface area (Å²) < 4.78 is 41.3. The Morgan fingerprint density at radius 1 is 0.786 bits per heavy atom. The van der Waals surface area contributed by atoms with Crippen LogP contribution in [0.4, 0.5) is 4.79 Å². The maximum Gasteiger partial charge on any atom is 0.407 e. The normalized spacial score (nSPS) is 13.1. The zero-order chi connectivity index (χ0) is 29.7. The van der Waals surface area contributed by atoms with Gasteiger partial charge >= 0.3 is 22.2 Å². The van der Waals surface area contributed by atoms with Crippen molar-refractivity contribution >= 4 is 22.2 Å². The molecular weight excluding hydrogens is 554 g/mol. The molecule has 0 bridgehead atoms. The topological polar surface area (TPSA) is 108 Å². The SMILES string of the molecule is CC(C)OC(=O)C(Cc1ccc(OS(=O)(=O)c2ccccc2)cc1)NC(=O)OCC1c2ccccc2-c2ccccc21. The van der Waals surface area contributed by atoms with Crippen LogP contribution in [0, 0.1) is 0 Å². The van der Waals surface area contributed by atoms with Gasteiger partial charge in [-0.05, 0) is 65.9 Å². The maximum atomic E-state index is 12.9. The van der Waals surface area contributed by atoms with Crippen molar-refractivity contribution in [1.29, 1.82) is 0 Å². The highest BCUT2D eigenvalue weighted by atomic mass is 32.2. The van der Waals surface area contributed by atoms with E-state index in [0.717, 1.165) is 22.3 Å². The molecular formula is C33H31NO7S. The molecule has 0 aliphatic heterocycles. The molecule has 0 saturated carbocycles. The third kappa shape index (κ3) is 6.63. The van der Waals surface area contributed by atoms with E-state index in [1.165, 1.54) is 24.3 Å². The van der Waals surface area contributed by atoms with Gasteiger partial charge in [0.05, 0.1) is 6.10 Å². The first-order valence-electron chi connectivity index (χ1n) is 13.6. The van der Waals surface area contributed by atoms with Gasteiger partial charge in [0.1, 0.15) is 23.3 Å². The minimum atomic E-state index is -3.99. The molecule has 5 rings (SSSR count). The van der Waals surface area contributed by atoms with E-state index in [-0.39, 0.29) is 35.7 Å². The molecule has 216 valence electrons. The zero-order valence-corrected chi connectivity index (χ0v) is 24.0. The monoisotopic (exact) mass is 585 g/mol. The summed E-state index contributed by atoms with van der Waals surface area (Å²) >= 11 is 0. The minimum absolute atomic E-state index is 0.0397. The third-order valence-electron chi connectivity index (χ3n) is 6.87. The predicted octanol–water partition coefficient (Wildman–Crippen LogP) is 5.86. The quantitative estimate of drug-likeness (QED) is 0.184. The average molecular weight is 586 g/mol. The molecule has 1 aliphatic rings. The molecule has 8 nitrogen and oxygen atoms in total. The summed E-state index contributed by atoms with van der Waals surface area (Å²) in [6.45, 7) is 3.55. The Balaban J connectivity index is 1.25. The Bertz CT molecular complexity index is 1620. The molecule has 0 fully saturated rings. The van der Waals surface area contributed by atoms with Gasteiger partial charge in [0.15, 0.2) is 0 Å². The van der Waals surface area contributed by atoms with Gasteiger partial charge in [-0.15, -0.1) is 0 Å². The Labute approximate surface area is 245 Å². The number of nitrogens with one attached hydrogen (secondary N) is 1. The van der Waals surface area contributed by atoms with Crippen LogP contribution < -0.4 is 9.50 Å². The fraction of sp³-hybridized carbons (Fsp3) is 0.212. The van der Waals surface area contributed by atoms with E-state index in [9.17, 15) is 18.0 Å². The van der Waals surface area contributed by atoms with Crippen LogP contribution in [0.15, 0.2) is 108 Å². The molecule has 0 radical (unpaired) electrons. The first-order valence-corrected chi connectivity index (χ1v) is 15.0. The molecule has 0 saturated heterocycles. The fourth-order valence-corrected chi connectivity index (χ4v) is 5.92. The Hall–Kier alpha value is -4.63. The molecule has 1 N–H and O–H groups in total. The van der Waals surface area contributed by atoms with E-state index in [1.54, 1.807) is 44.2 Å². The minimum Gasteiger partial charge on any atom is -0.461 e. The summed E-state index contributed by atoms with van der Waals surface area (Å²) in [5.74, 6) is -0.609. The first kappa shape index (κ1) is 28.9. The molecule has 1 unspecified atom stereocenters. The van der Waals surface area contributed by atoms with Crippen LogP contribution in [-0.2, 0) is 30.8 Å². The lowest BCUT2D eigenvalue weighted by Crippen LogP contribution is -2.44. The lowest BCUT2D eigenvalue weighted by atomic mass is 9.98. The van der Waals surface area contributed by atoms with Gasteiger partial charge in [-0.2, -0.15) is 8.42 Å². The van der Waals surface area contributed by atoms with Crippen LogP contribution in [0.2, 0.25) is 0 Å². The van der Waals surface area contributed by atoms with Gasteiger partial charge < -0.3 is 19.0 Å². The summed E-state index contributed by atoms with van der Waals surface area (Å²) in [5.41, 5.74) is 5.05. The highest BCUT2D eigenvalue weighted by Gasteiger charge is 2.30. The summed E-state index contributed by atoms with van der Waals surface area (Å²) in [6, 6.07) is 29.1. The number of ether oxygens (including phenoxy) is 2. The van der Waals surface area contributed by atoms with Crippen molar-refractivity contribution in [1.82, 2.24) is 5.32 Å². The maximum absolute atomic E-state index is 12.9. The number of amides is 1. The first-order chi connectivity index (χ1) is 20.2. The van der Waals surface area contributed by atoms with Gasteiger partial charge in [-0.25, -0.2) is 9.59 Å². The van der Waals surface area contributed by atoms with E-state index in [2.05, 4.69) is 17.4 Å². The van der Waals surface area contributed by atoms with E-state index in [0.29, 0.717) is 5.56 Å². The Morgan fingerprint density at radius 3 is 1.95 bits per heavy atom. The second-order valence-electron chi connectivity index (χ2n) is 10.2. The molecule has 42 heavy (non-hydrogen) atoms.